The quantitative estimate of drug-likeness (QED) is 0.498. The Bertz CT molecular complexity index is 70.1. The Kier molecular flexibility index (Phi) is 3.04. The van der Waals surface area contributed by atoms with E-state index in [1.165, 1.54) is 0 Å². The molecule has 42 valence electrons. The minimum Gasteiger partial charge on any atom is -0.389 e. The monoisotopic (exact) mass is 120 g/mol. The van der Waals surface area contributed by atoms with Crippen LogP contribution in [-0.4, -0.2) is 22.7 Å². The second kappa shape index (κ2) is 3.04. The zero-order valence-electron chi connectivity index (χ0n) is 4.09. The van der Waals surface area contributed by atoms with Crippen molar-refractivity contribution in [2.75, 3.05) is 6.61 Å². The number of hydrogen-bond acceptors (Lipinski definition) is 3. The third kappa shape index (κ3) is 2.65. The van der Waals surface area contributed by atoms with E-state index < -0.39 is 6.61 Å². The van der Waals surface area contributed by atoms with E-state index in [1.807, 2.05) is 0 Å². The molecule has 0 aliphatic heterocycles. The molecule has 0 aliphatic carbocycles. The zero-order valence-corrected chi connectivity index (χ0v) is 4.98. The van der Waals surface area contributed by atoms with Gasteiger partial charge in [0.2, 0.25) is 0 Å². The van der Waals surface area contributed by atoms with E-state index in [9.17, 15) is 4.79 Å². The summed E-state index contributed by atoms with van der Waals surface area (Å²) in [6, 6.07) is 0. The summed E-state index contributed by atoms with van der Waals surface area (Å²) >= 11 is 3.76. The Balaban J connectivity index is 3.35. The van der Waals surface area contributed by atoms with Crippen LogP contribution in [0.1, 0.15) is 6.92 Å². The third-order valence-corrected chi connectivity index (χ3v) is 0.910. The van der Waals surface area contributed by atoms with E-state index in [4.69, 9.17) is 5.11 Å². The van der Waals surface area contributed by atoms with Crippen molar-refractivity contribution in [3.05, 3.63) is 0 Å². The van der Waals surface area contributed by atoms with Gasteiger partial charge >= 0.3 is 0 Å². The molecule has 0 spiro atoms. The highest BCUT2D eigenvalue weighted by molar-refractivity contribution is 7.81. The predicted molar refractivity (Wildman–Crippen MR) is 30.5 cm³/mol. The summed E-state index contributed by atoms with van der Waals surface area (Å²) in [5, 5.41) is 7.78. The maximum atomic E-state index is 10.2. The number of carbonyl (C=O) groups excluding carboxylic acids is 1. The number of hydrogen-bond donors (Lipinski definition) is 2. The lowest BCUT2D eigenvalue weighted by Crippen LogP contribution is -2.13. The first-order valence-electron chi connectivity index (χ1n) is 2.00. The first kappa shape index (κ1) is 6.98. The van der Waals surface area contributed by atoms with Crippen LogP contribution in [-0.2, 0) is 4.79 Å². The molecular weight excluding hydrogens is 112 g/mol. The van der Waals surface area contributed by atoms with Gasteiger partial charge in [-0.05, 0) is 6.92 Å². The molecule has 0 aromatic rings. The van der Waals surface area contributed by atoms with Gasteiger partial charge in [0.15, 0.2) is 5.78 Å². The molecule has 3 heteroatoms. The van der Waals surface area contributed by atoms with Gasteiger partial charge in [-0.15, -0.1) is 0 Å². The second-order valence-electron chi connectivity index (χ2n) is 1.30. The molecule has 0 radical (unpaired) electrons. The van der Waals surface area contributed by atoms with Crippen molar-refractivity contribution < 1.29 is 9.90 Å². The number of rotatable bonds is 2. The first-order valence-corrected chi connectivity index (χ1v) is 2.51. The van der Waals surface area contributed by atoms with Crippen molar-refractivity contribution in [2.45, 2.75) is 12.2 Å². The normalized spacial score (nSPS) is 13.6. The molecule has 0 amide bonds. The SMILES string of the molecule is CC(S)C(=O)CO. The molecule has 1 N–H and O–H groups in total. The van der Waals surface area contributed by atoms with E-state index in [2.05, 4.69) is 12.6 Å². The average Bonchev–Trinajstić information content (AvgIpc) is 1.65. The molecule has 0 saturated carbocycles. The van der Waals surface area contributed by atoms with Gasteiger partial charge in [0, 0.05) is 0 Å². The molecule has 0 fully saturated rings. The van der Waals surface area contributed by atoms with Gasteiger partial charge in [-0.2, -0.15) is 12.6 Å². The van der Waals surface area contributed by atoms with Crippen molar-refractivity contribution in [3.63, 3.8) is 0 Å². The number of thiol groups is 1. The van der Waals surface area contributed by atoms with Gasteiger partial charge in [-0.25, -0.2) is 0 Å². The van der Waals surface area contributed by atoms with Crippen molar-refractivity contribution in [3.8, 4) is 0 Å². The summed E-state index contributed by atoms with van der Waals surface area (Å²) in [4.78, 5) is 10.2. The number of ketones is 1. The summed E-state index contributed by atoms with van der Waals surface area (Å²) in [6.07, 6.45) is 0. The molecule has 1 unspecified atom stereocenters. The molecule has 0 heterocycles. The number of Topliss-reactive ketones (excluding diaryl/α,β-unsaturated/α-hetero) is 1. The van der Waals surface area contributed by atoms with Crippen molar-refractivity contribution >= 4 is 18.4 Å². The first-order chi connectivity index (χ1) is 3.18. The van der Waals surface area contributed by atoms with Crippen molar-refractivity contribution in [1.82, 2.24) is 0 Å². The van der Waals surface area contributed by atoms with Crippen LogP contribution in [0.3, 0.4) is 0 Å². The Morgan fingerprint density at radius 3 is 2.43 bits per heavy atom. The van der Waals surface area contributed by atoms with Crippen molar-refractivity contribution in [1.29, 1.82) is 0 Å². The third-order valence-electron chi connectivity index (χ3n) is 0.622. The van der Waals surface area contributed by atoms with Gasteiger partial charge < -0.3 is 5.11 Å². The van der Waals surface area contributed by atoms with E-state index >= 15 is 0 Å². The van der Waals surface area contributed by atoms with Gasteiger partial charge in [-0.3, -0.25) is 4.79 Å². The summed E-state index contributed by atoms with van der Waals surface area (Å²) in [5.74, 6) is -0.233. The topological polar surface area (TPSA) is 37.3 Å². The minimum absolute atomic E-state index is 0.233. The number of aliphatic hydroxyl groups excluding tert-OH is 1. The van der Waals surface area contributed by atoms with Gasteiger partial charge in [0.1, 0.15) is 6.61 Å². The van der Waals surface area contributed by atoms with Crippen LogP contribution >= 0.6 is 12.6 Å². The Morgan fingerprint density at radius 1 is 2.00 bits per heavy atom. The van der Waals surface area contributed by atoms with Gasteiger partial charge in [-0.1, -0.05) is 0 Å². The molecule has 0 bridgehead atoms. The summed E-state index contributed by atoms with van der Waals surface area (Å²) in [7, 11) is 0. The van der Waals surface area contributed by atoms with E-state index in [-0.39, 0.29) is 11.0 Å². The Morgan fingerprint density at radius 2 is 2.43 bits per heavy atom. The summed E-state index contributed by atoms with van der Waals surface area (Å²) in [6.45, 7) is 1.23. The average molecular weight is 120 g/mol. The van der Waals surface area contributed by atoms with Crippen LogP contribution in [0, 0.1) is 0 Å². The molecule has 1 atom stereocenters. The molecule has 0 aromatic heterocycles. The predicted octanol–water partition coefficient (Wildman–Crippen LogP) is -0.134. The molecule has 7 heavy (non-hydrogen) atoms. The smallest absolute Gasteiger partial charge is 0.170 e. The van der Waals surface area contributed by atoms with Crippen LogP contribution in [0.4, 0.5) is 0 Å². The van der Waals surface area contributed by atoms with Crippen LogP contribution < -0.4 is 0 Å². The Labute approximate surface area is 47.9 Å². The minimum atomic E-state index is -0.398. The number of carbonyl (C=O) groups is 1. The van der Waals surface area contributed by atoms with E-state index in [0.717, 1.165) is 0 Å². The zero-order chi connectivity index (χ0) is 5.86. The number of aliphatic hydroxyl groups is 1. The maximum Gasteiger partial charge on any atom is 0.170 e. The molecule has 0 aliphatic rings. The van der Waals surface area contributed by atoms with Crippen LogP contribution in [0.5, 0.6) is 0 Å². The lowest BCUT2D eigenvalue weighted by molar-refractivity contribution is -0.120. The molecule has 0 saturated heterocycles. The Hall–Kier alpha value is -0.0200. The molecule has 2 nitrogen and oxygen atoms in total. The lowest BCUT2D eigenvalue weighted by atomic mass is 10.3. The van der Waals surface area contributed by atoms with Crippen LogP contribution in [0.2, 0.25) is 0 Å². The van der Waals surface area contributed by atoms with E-state index in [1.54, 1.807) is 6.92 Å². The highest BCUT2D eigenvalue weighted by Gasteiger charge is 2.03. The van der Waals surface area contributed by atoms with Gasteiger partial charge in [0.25, 0.3) is 0 Å². The summed E-state index contributed by atoms with van der Waals surface area (Å²) < 4.78 is 0. The van der Waals surface area contributed by atoms with Crippen LogP contribution in [0.25, 0.3) is 0 Å². The fourth-order valence-electron chi connectivity index (χ4n) is 0.132. The fourth-order valence-corrected chi connectivity index (χ4v) is 0.214. The lowest BCUT2D eigenvalue weighted by Gasteiger charge is -1.94. The maximum absolute atomic E-state index is 10.2. The largest absolute Gasteiger partial charge is 0.389 e. The molecule has 0 rings (SSSR count). The van der Waals surface area contributed by atoms with E-state index in [0.29, 0.717) is 0 Å². The highest BCUT2D eigenvalue weighted by atomic mass is 32.1. The standard InChI is InChI=1S/C4H8O2S/c1-3(7)4(6)2-5/h3,5,7H,2H2,1H3. The second-order valence-corrected chi connectivity index (χ2v) is 2.07. The highest BCUT2D eigenvalue weighted by Crippen LogP contribution is 1.91. The fraction of sp³-hybridized carbons (Fsp3) is 0.750. The van der Waals surface area contributed by atoms with Gasteiger partial charge in [0.05, 0.1) is 5.25 Å². The van der Waals surface area contributed by atoms with Crippen molar-refractivity contribution in [2.24, 2.45) is 0 Å². The molecular formula is C4H8O2S. The van der Waals surface area contributed by atoms with Crippen LogP contribution in [0.15, 0.2) is 0 Å². The molecule has 0 aromatic carbocycles. The summed E-state index contributed by atoms with van der Waals surface area (Å²) in [5.41, 5.74) is 0.